The molecule has 0 radical (unpaired) electrons. The summed E-state index contributed by atoms with van der Waals surface area (Å²) < 4.78 is 27.2. The number of nitriles is 1. The molecule has 0 bridgehead atoms. The number of rotatable bonds is 5. The van der Waals surface area contributed by atoms with Crippen LogP contribution >= 0.6 is 0 Å². The Balaban J connectivity index is 2.24. The Kier molecular flexibility index (Phi) is 5.85. The number of carbonyl (C=O) groups excluding carboxylic acids is 1. The predicted octanol–water partition coefficient (Wildman–Crippen LogP) is 4.29. The first-order valence-corrected chi connectivity index (χ1v) is 7.68. The standard InChI is InChI=1S/C19H17F2N3O/c1-3-13-7-4-6-12(2)17(13)24-19(25)14(10-22)11-23-18-15(20)8-5-9-16(18)21/h4-9,11,23H,3H2,1-2H3,(H,24,25)/b14-11-. The number of hydrogen-bond acceptors (Lipinski definition) is 3. The van der Waals surface area contributed by atoms with Gasteiger partial charge >= 0.3 is 0 Å². The largest absolute Gasteiger partial charge is 0.355 e. The van der Waals surface area contributed by atoms with Gasteiger partial charge in [0.25, 0.3) is 5.91 Å². The summed E-state index contributed by atoms with van der Waals surface area (Å²) in [7, 11) is 0. The maximum atomic E-state index is 13.6. The number of aryl methyl sites for hydroxylation is 2. The van der Waals surface area contributed by atoms with Crippen molar-refractivity contribution in [3.63, 3.8) is 0 Å². The van der Waals surface area contributed by atoms with E-state index in [9.17, 15) is 18.8 Å². The molecule has 0 unspecified atom stereocenters. The first-order chi connectivity index (χ1) is 12.0. The highest BCUT2D eigenvalue weighted by atomic mass is 19.1. The normalized spacial score (nSPS) is 10.9. The van der Waals surface area contributed by atoms with Crippen molar-refractivity contribution in [1.29, 1.82) is 5.26 Å². The number of hydrogen-bond donors (Lipinski definition) is 2. The minimum absolute atomic E-state index is 0.298. The average Bonchev–Trinajstić information content (AvgIpc) is 2.59. The van der Waals surface area contributed by atoms with Gasteiger partial charge in [-0.15, -0.1) is 0 Å². The quantitative estimate of drug-likeness (QED) is 0.630. The van der Waals surface area contributed by atoms with Crippen LogP contribution in [0.4, 0.5) is 20.2 Å². The first kappa shape index (κ1) is 18.1. The van der Waals surface area contributed by atoms with E-state index in [-0.39, 0.29) is 5.57 Å². The van der Waals surface area contributed by atoms with Crippen LogP contribution in [0.3, 0.4) is 0 Å². The van der Waals surface area contributed by atoms with Gasteiger partial charge in [0.05, 0.1) is 0 Å². The smallest absolute Gasteiger partial charge is 0.267 e. The third-order valence-corrected chi connectivity index (χ3v) is 3.67. The molecule has 2 N–H and O–H groups in total. The Labute approximate surface area is 144 Å². The Morgan fingerprint density at radius 1 is 1.16 bits per heavy atom. The number of para-hydroxylation sites is 2. The van der Waals surface area contributed by atoms with E-state index in [2.05, 4.69) is 10.6 Å². The van der Waals surface area contributed by atoms with Gasteiger partial charge in [-0.25, -0.2) is 8.78 Å². The third kappa shape index (κ3) is 4.21. The molecule has 128 valence electrons. The Morgan fingerprint density at radius 3 is 2.40 bits per heavy atom. The molecule has 0 atom stereocenters. The molecule has 0 spiro atoms. The van der Waals surface area contributed by atoms with Gasteiger partial charge in [0.1, 0.15) is 29.0 Å². The van der Waals surface area contributed by atoms with Crippen LogP contribution in [0.2, 0.25) is 0 Å². The highest BCUT2D eigenvalue weighted by Gasteiger charge is 2.14. The fourth-order valence-electron chi connectivity index (χ4n) is 2.31. The topological polar surface area (TPSA) is 64.9 Å². The van der Waals surface area contributed by atoms with Crippen LogP contribution in [0.5, 0.6) is 0 Å². The highest BCUT2D eigenvalue weighted by Crippen LogP contribution is 2.22. The van der Waals surface area contributed by atoms with Gasteiger partial charge in [0, 0.05) is 11.9 Å². The highest BCUT2D eigenvalue weighted by molar-refractivity contribution is 6.07. The van der Waals surface area contributed by atoms with E-state index in [0.29, 0.717) is 12.1 Å². The molecule has 0 aliphatic rings. The molecule has 0 fully saturated rings. The van der Waals surface area contributed by atoms with Crippen molar-refractivity contribution in [2.75, 3.05) is 10.6 Å². The van der Waals surface area contributed by atoms with E-state index >= 15 is 0 Å². The molecule has 6 heteroatoms. The lowest BCUT2D eigenvalue weighted by molar-refractivity contribution is -0.112. The maximum absolute atomic E-state index is 13.6. The molecule has 1 amide bonds. The van der Waals surface area contributed by atoms with Crippen LogP contribution in [0.25, 0.3) is 0 Å². The van der Waals surface area contributed by atoms with Gasteiger partial charge in [-0.2, -0.15) is 5.26 Å². The fraction of sp³-hybridized carbons (Fsp3) is 0.158. The van der Waals surface area contributed by atoms with Gasteiger partial charge in [0.2, 0.25) is 0 Å². The van der Waals surface area contributed by atoms with Crippen molar-refractivity contribution in [2.45, 2.75) is 20.3 Å². The molecule has 2 aromatic rings. The van der Waals surface area contributed by atoms with E-state index in [1.54, 1.807) is 6.07 Å². The lowest BCUT2D eigenvalue weighted by Gasteiger charge is -2.12. The summed E-state index contributed by atoms with van der Waals surface area (Å²) in [6.07, 6.45) is 1.70. The summed E-state index contributed by atoms with van der Waals surface area (Å²) in [5.74, 6) is -2.29. The lowest BCUT2D eigenvalue weighted by atomic mass is 10.1. The minimum atomic E-state index is -0.818. The van der Waals surface area contributed by atoms with E-state index in [1.807, 2.05) is 32.0 Å². The number of amides is 1. The van der Waals surface area contributed by atoms with Crippen LogP contribution < -0.4 is 10.6 Å². The van der Waals surface area contributed by atoms with Crippen molar-refractivity contribution in [3.05, 3.63) is 70.9 Å². The third-order valence-electron chi connectivity index (χ3n) is 3.67. The molecule has 0 heterocycles. The van der Waals surface area contributed by atoms with Gasteiger partial charge in [-0.1, -0.05) is 31.2 Å². The summed E-state index contributed by atoms with van der Waals surface area (Å²) in [5, 5.41) is 14.2. The number of nitrogens with zero attached hydrogens (tertiary/aromatic N) is 1. The Morgan fingerprint density at radius 2 is 1.80 bits per heavy atom. The predicted molar refractivity (Wildman–Crippen MR) is 92.9 cm³/mol. The molecule has 25 heavy (non-hydrogen) atoms. The van der Waals surface area contributed by atoms with E-state index in [4.69, 9.17) is 0 Å². The van der Waals surface area contributed by atoms with Crippen molar-refractivity contribution in [1.82, 2.24) is 0 Å². The molecule has 0 saturated heterocycles. The summed E-state index contributed by atoms with van der Waals surface area (Å²) in [5.41, 5.74) is 1.70. The van der Waals surface area contributed by atoms with Crippen LogP contribution in [0.15, 0.2) is 48.2 Å². The summed E-state index contributed by atoms with van der Waals surface area (Å²) >= 11 is 0. The second-order valence-corrected chi connectivity index (χ2v) is 5.33. The van der Waals surface area contributed by atoms with Crippen molar-refractivity contribution < 1.29 is 13.6 Å². The van der Waals surface area contributed by atoms with E-state index in [1.165, 1.54) is 6.07 Å². The van der Waals surface area contributed by atoms with Crippen molar-refractivity contribution in [3.8, 4) is 6.07 Å². The number of anilines is 2. The van der Waals surface area contributed by atoms with Crippen LogP contribution in [0, 0.1) is 29.9 Å². The van der Waals surface area contributed by atoms with Crippen molar-refractivity contribution in [2.24, 2.45) is 0 Å². The van der Waals surface area contributed by atoms with Gasteiger partial charge in [0.15, 0.2) is 0 Å². The zero-order valence-corrected chi connectivity index (χ0v) is 13.9. The number of benzene rings is 2. The van der Waals surface area contributed by atoms with Gasteiger partial charge in [-0.05, 0) is 36.6 Å². The summed E-state index contributed by atoms with van der Waals surface area (Å²) in [4.78, 5) is 12.3. The van der Waals surface area contributed by atoms with Gasteiger partial charge < -0.3 is 10.6 Å². The van der Waals surface area contributed by atoms with Crippen LogP contribution in [-0.4, -0.2) is 5.91 Å². The molecule has 0 aromatic heterocycles. The lowest BCUT2D eigenvalue weighted by Crippen LogP contribution is -2.16. The molecule has 2 rings (SSSR count). The first-order valence-electron chi connectivity index (χ1n) is 7.68. The summed E-state index contributed by atoms with van der Waals surface area (Å²) in [6.45, 7) is 3.80. The monoisotopic (exact) mass is 341 g/mol. The van der Waals surface area contributed by atoms with Crippen LogP contribution in [0.1, 0.15) is 18.1 Å². The number of carbonyl (C=O) groups is 1. The number of halogens is 2. The fourth-order valence-corrected chi connectivity index (χ4v) is 2.31. The summed E-state index contributed by atoms with van der Waals surface area (Å²) in [6, 6.07) is 10.7. The molecule has 0 aliphatic carbocycles. The zero-order valence-electron chi connectivity index (χ0n) is 13.9. The molecular weight excluding hydrogens is 324 g/mol. The second-order valence-electron chi connectivity index (χ2n) is 5.33. The molecule has 0 aliphatic heterocycles. The van der Waals surface area contributed by atoms with Crippen molar-refractivity contribution >= 4 is 17.3 Å². The molecule has 4 nitrogen and oxygen atoms in total. The molecular formula is C19H17F2N3O. The SMILES string of the molecule is CCc1cccc(C)c1NC(=O)/C(C#N)=C\Nc1c(F)cccc1F. The molecule has 0 saturated carbocycles. The zero-order chi connectivity index (χ0) is 18.4. The second kappa shape index (κ2) is 8.06. The van der Waals surface area contributed by atoms with E-state index in [0.717, 1.165) is 29.5 Å². The van der Waals surface area contributed by atoms with E-state index < -0.39 is 23.2 Å². The van der Waals surface area contributed by atoms with Crippen LogP contribution in [-0.2, 0) is 11.2 Å². The average molecular weight is 341 g/mol. The Hall–Kier alpha value is -3.20. The number of nitrogens with one attached hydrogen (secondary N) is 2. The van der Waals surface area contributed by atoms with Gasteiger partial charge in [-0.3, -0.25) is 4.79 Å². The maximum Gasteiger partial charge on any atom is 0.267 e. The Bertz CT molecular complexity index is 849. The minimum Gasteiger partial charge on any atom is -0.355 e. The molecule has 2 aromatic carbocycles.